The van der Waals surface area contributed by atoms with Crippen molar-refractivity contribution in [2.24, 2.45) is 0 Å². The Hall–Kier alpha value is -2.87. The van der Waals surface area contributed by atoms with Crippen LogP contribution in [-0.4, -0.2) is 32.8 Å². The minimum absolute atomic E-state index is 0.120. The van der Waals surface area contributed by atoms with E-state index in [2.05, 4.69) is 10.1 Å². The number of nitrogens with one attached hydrogen (secondary N) is 1. The third-order valence-corrected chi connectivity index (χ3v) is 3.44. The monoisotopic (exact) mass is 381 g/mol. The van der Waals surface area contributed by atoms with Crippen molar-refractivity contribution in [3.05, 3.63) is 54.0 Å². The highest BCUT2D eigenvalue weighted by atomic mass is 19.3. The summed E-state index contributed by atoms with van der Waals surface area (Å²) >= 11 is 0. The number of benzene rings is 1. The van der Waals surface area contributed by atoms with Gasteiger partial charge in [-0.1, -0.05) is 12.1 Å². The van der Waals surface area contributed by atoms with E-state index in [1.54, 1.807) is 24.5 Å². The number of hydrogen-bond acceptors (Lipinski definition) is 5. The number of carbonyl (C=O) groups is 1. The highest BCUT2D eigenvalue weighted by Gasteiger charge is 2.13. The van der Waals surface area contributed by atoms with Crippen LogP contribution >= 0.6 is 0 Å². The number of halogens is 2. The molecule has 146 valence electrons. The molecule has 2 rings (SSSR count). The van der Waals surface area contributed by atoms with Gasteiger partial charge in [-0.3, -0.25) is 4.79 Å². The minimum atomic E-state index is -3.00. The smallest absolute Gasteiger partial charge is 0.387 e. The molecule has 0 bridgehead atoms. The average Bonchev–Trinajstić information content (AvgIpc) is 3.16. The number of rotatable bonds is 11. The molecule has 1 heterocycles. The third kappa shape index (κ3) is 7.10. The van der Waals surface area contributed by atoms with Gasteiger partial charge in [0.1, 0.15) is 12.4 Å². The summed E-state index contributed by atoms with van der Waals surface area (Å²) in [6.07, 6.45) is 4.84. The Morgan fingerprint density at radius 3 is 2.85 bits per heavy atom. The SMILES string of the molecule is COc1cccc(C=CC(=O)NCCCOCc2ccco2)c1OC(F)F. The standard InChI is InChI=1S/C19H21F2NO5/c1-24-16-7-2-5-14(18(16)27-19(20)21)8-9-17(23)22-10-4-11-25-13-15-6-3-12-26-15/h2-3,5-9,12,19H,4,10-11,13H2,1H3,(H,22,23). The molecule has 0 aliphatic heterocycles. The molecular formula is C19H21F2NO5. The third-order valence-electron chi connectivity index (χ3n) is 3.44. The molecule has 0 aliphatic carbocycles. The van der Waals surface area contributed by atoms with Gasteiger partial charge in [-0.05, 0) is 30.7 Å². The van der Waals surface area contributed by atoms with Gasteiger partial charge in [0.05, 0.1) is 13.4 Å². The lowest BCUT2D eigenvalue weighted by atomic mass is 10.1. The predicted molar refractivity (Wildman–Crippen MR) is 94.7 cm³/mol. The van der Waals surface area contributed by atoms with Gasteiger partial charge in [-0.15, -0.1) is 0 Å². The molecule has 27 heavy (non-hydrogen) atoms. The zero-order chi connectivity index (χ0) is 19.5. The Bertz CT molecular complexity index is 732. The molecule has 1 N–H and O–H groups in total. The van der Waals surface area contributed by atoms with Gasteiger partial charge in [0.15, 0.2) is 11.5 Å². The van der Waals surface area contributed by atoms with Gasteiger partial charge in [-0.25, -0.2) is 0 Å². The summed E-state index contributed by atoms with van der Waals surface area (Å²) in [5.41, 5.74) is 0.312. The summed E-state index contributed by atoms with van der Waals surface area (Å²) in [6, 6.07) is 8.26. The van der Waals surface area contributed by atoms with Crippen LogP contribution in [0.25, 0.3) is 6.08 Å². The second-order valence-corrected chi connectivity index (χ2v) is 5.37. The lowest BCUT2D eigenvalue weighted by Crippen LogP contribution is -2.23. The highest BCUT2D eigenvalue weighted by molar-refractivity contribution is 5.92. The zero-order valence-electron chi connectivity index (χ0n) is 14.8. The Morgan fingerprint density at radius 1 is 1.30 bits per heavy atom. The Labute approximate surface area is 155 Å². The summed E-state index contributed by atoms with van der Waals surface area (Å²) in [7, 11) is 1.35. The van der Waals surface area contributed by atoms with Crippen LogP contribution in [0.15, 0.2) is 47.1 Å². The van der Waals surface area contributed by atoms with Crippen LogP contribution in [0.2, 0.25) is 0 Å². The highest BCUT2D eigenvalue weighted by Crippen LogP contribution is 2.33. The van der Waals surface area contributed by atoms with Gasteiger partial charge in [0.2, 0.25) is 5.91 Å². The second-order valence-electron chi connectivity index (χ2n) is 5.37. The van der Waals surface area contributed by atoms with Crippen molar-refractivity contribution in [2.75, 3.05) is 20.3 Å². The van der Waals surface area contributed by atoms with Crippen LogP contribution < -0.4 is 14.8 Å². The maximum Gasteiger partial charge on any atom is 0.387 e. The van der Waals surface area contributed by atoms with Crippen molar-refractivity contribution in [3.63, 3.8) is 0 Å². The van der Waals surface area contributed by atoms with E-state index in [-0.39, 0.29) is 17.4 Å². The van der Waals surface area contributed by atoms with Crippen LogP contribution in [0.5, 0.6) is 11.5 Å². The first-order valence-electron chi connectivity index (χ1n) is 8.28. The maximum atomic E-state index is 12.6. The van der Waals surface area contributed by atoms with E-state index in [0.717, 1.165) is 5.76 Å². The van der Waals surface area contributed by atoms with Crippen molar-refractivity contribution >= 4 is 12.0 Å². The number of hydrogen-bond donors (Lipinski definition) is 1. The Kier molecular flexibility index (Phi) is 8.31. The first-order chi connectivity index (χ1) is 13.1. The van der Waals surface area contributed by atoms with Gasteiger partial charge < -0.3 is 23.9 Å². The molecule has 6 nitrogen and oxygen atoms in total. The van der Waals surface area contributed by atoms with E-state index in [1.165, 1.54) is 25.3 Å². The second kappa shape index (κ2) is 11.0. The Morgan fingerprint density at radius 2 is 2.15 bits per heavy atom. The summed E-state index contributed by atoms with van der Waals surface area (Å²) < 4.78 is 45.2. The molecule has 1 aromatic heterocycles. The first kappa shape index (κ1) is 20.4. The molecule has 0 radical (unpaired) electrons. The molecule has 2 aromatic rings. The van der Waals surface area contributed by atoms with E-state index in [4.69, 9.17) is 13.9 Å². The fraction of sp³-hybridized carbons (Fsp3) is 0.316. The molecule has 0 saturated heterocycles. The largest absolute Gasteiger partial charge is 0.493 e. The number of alkyl halides is 2. The molecule has 0 saturated carbocycles. The zero-order valence-corrected chi connectivity index (χ0v) is 14.8. The molecule has 0 fully saturated rings. The summed E-state index contributed by atoms with van der Waals surface area (Å²) in [5, 5.41) is 2.69. The van der Waals surface area contributed by atoms with Gasteiger partial charge in [0.25, 0.3) is 0 Å². The lowest BCUT2D eigenvalue weighted by Gasteiger charge is -2.12. The number of carbonyl (C=O) groups excluding carboxylic acids is 1. The molecular weight excluding hydrogens is 360 g/mol. The molecule has 1 amide bonds. The number of methoxy groups -OCH3 is 1. The normalized spacial score (nSPS) is 11.1. The van der Waals surface area contributed by atoms with E-state index < -0.39 is 6.61 Å². The predicted octanol–water partition coefficient (Wildman–Crippen LogP) is 3.63. The molecule has 0 aliphatic rings. The molecule has 0 spiro atoms. The molecule has 0 atom stereocenters. The average molecular weight is 381 g/mol. The van der Waals surface area contributed by atoms with Crippen LogP contribution in [-0.2, 0) is 16.1 Å². The lowest BCUT2D eigenvalue weighted by molar-refractivity contribution is -0.116. The number of amides is 1. The maximum absolute atomic E-state index is 12.6. The molecule has 8 heteroatoms. The van der Waals surface area contributed by atoms with E-state index >= 15 is 0 Å². The van der Waals surface area contributed by atoms with Crippen LogP contribution in [0.1, 0.15) is 17.7 Å². The van der Waals surface area contributed by atoms with Crippen LogP contribution in [0, 0.1) is 0 Å². The van der Waals surface area contributed by atoms with Crippen molar-refractivity contribution in [1.82, 2.24) is 5.32 Å². The van der Waals surface area contributed by atoms with Gasteiger partial charge in [-0.2, -0.15) is 8.78 Å². The summed E-state index contributed by atoms with van der Waals surface area (Å²) in [5.74, 6) is 0.422. The van der Waals surface area contributed by atoms with Crippen molar-refractivity contribution in [3.8, 4) is 11.5 Å². The topological polar surface area (TPSA) is 69.9 Å². The first-order valence-corrected chi connectivity index (χ1v) is 8.28. The number of para-hydroxylation sites is 1. The van der Waals surface area contributed by atoms with Crippen molar-refractivity contribution < 1.29 is 32.2 Å². The van der Waals surface area contributed by atoms with Crippen LogP contribution in [0.3, 0.4) is 0 Å². The summed E-state index contributed by atoms with van der Waals surface area (Å²) in [6.45, 7) is -1.74. The molecule has 1 aromatic carbocycles. The van der Waals surface area contributed by atoms with E-state index in [9.17, 15) is 13.6 Å². The van der Waals surface area contributed by atoms with Crippen LogP contribution in [0.4, 0.5) is 8.78 Å². The van der Waals surface area contributed by atoms with E-state index in [0.29, 0.717) is 31.7 Å². The number of furan rings is 1. The van der Waals surface area contributed by atoms with E-state index in [1.807, 2.05) is 6.07 Å². The Balaban J connectivity index is 1.77. The number of ether oxygens (including phenoxy) is 3. The fourth-order valence-corrected chi connectivity index (χ4v) is 2.22. The molecule has 0 unspecified atom stereocenters. The summed E-state index contributed by atoms with van der Waals surface area (Å²) in [4.78, 5) is 11.8. The van der Waals surface area contributed by atoms with Gasteiger partial charge >= 0.3 is 6.61 Å². The van der Waals surface area contributed by atoms with Gasteiger partial charge in [0, 0.05) is 24.8 Å². The minimum Gasteiger partial charge on any atom is -0.493 e. The fourth-order valence-electron chi connectivity index (χ4n) is 2.22. The van der Waals surface area contributed by atoms with Crippen molar-refractivity contribution in [1.29, 1.82) is 0 Å². The van der Waals surface area contributed by atoms with Crippen molar-refractivity contribution in [2.45, 2.75) is 19.6 Å². The quantitative estimate of drug-likeness (QED) is 0.476.